The molecule has 3 aromatic rings. The number of phenolic OH excluding ortho intramolecular Hbond substituents is 1. The van der Waals surface area contributed by atoms with Crippen LogP contribution in [0.15, 0.2) is 30.3 Å². The van der Waals surface area contributed by atoms with E-state index in [9.17, 15) is 9.50 Å². The summed E-state index contributed by atoms with van der Waals surface area (Å²) in [7, 11) is 0. The summed E-state index contributed by atoms with van der Waals surface area (Å²) in [5.74, 6) is -0.333. The highest BCUT2D eigenvalue weighted by atomic mass is 19.1. The number of H-pyrrole nitrogens is 1. The Kier molecular flexibility index (Phi) is 4.41. The summed E-state index contributed by atoms with van der Waals surface area (Å²) in [4.78, 5) is 7.37. The molecule has 0 spiro atoms. The first-order chi connectivity index (χ1) is 13.0. The van der Waals surface area contributed by atoms with Gasteiger partial charge in [0.05, 0.1) is 28.3 Å². The molecule has 0 radical (unpaired) electrons. The van der Waals surface area contributed by atoms with Crippen molar-refractivity contribution < 1.29 is 19.0 Å². The monoisotopic (exact) mass is 370 g/mol. The number of aromatic nitrogens is 2. The van der Waals surface area contributed by atoms with Gasteiger partial charge in [0.15, 0.2) is 11.5 Å². The number of hydrogen-bond donors (Lipinski definition) is 4. The van der Waals surface area contributed by atoms with Gasteiger partial charge in [-0.15, -0.1) is 0 Å². The quantitative estimate of drug-likeness (QED) is 0.407. The van der Waals surface area contributed by atoms with Crippen molar-refractivity contribution in [1.29, 1.82) is 5.41 Å². The number of benzene rings is 2. The lowest BCUT2D eigenvalue weighted by Crippen LogP contribution is -2.16. The minimum atomic E-state index is -0.608. The maximum atomic E-state index is 14.0. The van der Waals surface area contributed by atoms with Gasteiger partial charge in [-0.2, -0.15) is 0 Å². The molecule has 0 bridgehead atoms. The number of para-hydroxylation sites is 1. The summed E-state index contributed by atoms with van der Waals surface area (Å²) in [5.41, 5.74) is 6.70. The zero-order chi connectivity index (χ0) is 19.0. The van der Waals surface area contributed by atoms with Crippen molar-refractivity contribution in [2.24, 2.45) is 5.73 Å². The molecule has 1 atom stereocenters. The van der Waals surface area contributed by atoms with E-state index in [-0.39, 0.29) is 23.3 Å². The maximum Gasteiger partial charge on any atom is 0.168 e. The third-order valence-electron chi connectivity index (χ3n) is 4.56. The lowest BCUT2D eigenvalue weighted by molar-refractivity contribution is 0.0670. The first kappa shape index (κ1) is 17.3. The fourth-order valence-electron chi connectivity index (χ4n) is 3.15. The summed E-state index contributed by atoms with van der Waals surface area (Å²) in [6, 6.07) is 7.74. The Morgan fingerprint density at radius 1 is 1.44 bits per heavy atom. The van der Waals surface area contributed by atoms with Crippen LogP contribution in [-0.4, -0.2) is 40.2 Å². The molecule has 2 heterocycles. The number of nitrogens with one attached hydrogen (secondary N) is 2. The second-order valence-corrected chi connectivity index (χ2v) is 6.45. The number of nitrogens with two attached hydrogens (primary N) is 1. The molecule has 4 rings (SSSR count). The predicted molar refractivity (Wildman–Crippen MR) is 98.6 cm³/mol. The van der Waals surface area contributed by atoms with E-state index in [1.165, 1.54) is 12.1 Å². The van der Waals surface area contributed by atoms with Crippen LogP contribution in [0.2, 0.25) is 0 Å². The predicted octanol–water partition coefficient (Wildman–Crippen LogP) is 2.92. The van der Waals surface area contributed by atoms with Crippen LogP contribution in [0.3, 0.4) is 0 Å². The number of halogens is 1. The van der Waals surface area contributed by atoms with E-state index in [4.69, 9.17) is 20.6 Å². The van der Waals surface area contributed by atoms with Gasteiger partial charge >= 0.3 is 0 Å². The Labute approximate surface area is 154 Å². The number of aromatic hydroxyl groups is 1. The van der Waals surface area contributed by atoms with Gasteiger partial charge in [0.2, 0.25) is 0 Å². The van der Waals surface area contributed by atoms with Crippen molar-refractivity contribution in [3.05, 3.63) is 41.7 Å². The van der Waals surface area contributed by atoms with Gasteiger partial charge in [-0.05, 0) is 31.0 Å². The lowest BCUT2D eigenvalue weighted by Gasteiger charge is -2.13. The van der Waals surface area contributed by atoms with Crippen LogP contribution >= 0.6 is 0 Å². The highest BCUT2D eigenvalue weighted by molar-refractivity contribution is 5.98. The molecule has 1 saturated heterocycles. The van der Waals surface area contributed by atoms with Crippen molar-refractivity contribution in [3.63, 3.8) is 0 Å². The molecule has 2 aromatic carbocycles. The molecule has 0 saturated carbocycles. The molecule has 7 nitrogen and oxygen atoms in total. The van der Waals surface area contributed by atoms with Crippen LogP contribution < -0.4 is 10.5 Å². The van der Waals surface area contributed by atoms with Gasteiger partial charge in [0, 0.05) is 12.7 Å². The number of phenols is 1. The van der Waals surface area contributed by atoms with E-state index in [1.54, 1.807) is 18.2 Å². The molecule has 140 valence electrons. The maximum absolute atomic E-state index is 14.0. The summed E-state index contributed by atoms with van der Waals surface area (Å²) in [5, 5.41) is 18.0. The van der Waals surface area contributed by atoms with Gasteiger partial charge in [-0.25, -0.2) is 9.37 Å². The SMILES string of the molecule is N=C(N)c1cc2nc(-c3cccc(OCC4CCCO4)c3O)[nH]c2cc1F. The number of rotatable bonds is 5. The van der Waals surface area contributed by atoms with E-state index in [2.05, 4.69) is 9.97 Å². The van der Waals surface area contributed by atoms with E-state index in [1.807, 2.05) is 0 Å². The number of fused-ring (bicyclic) bond motifs is 1. The van der Waals surface area contributed by atoms with Crippen LogP contribution in [-0.2, 0) is 4.74 Å². The average Bonchev–Trinajstić information content (AvgIpc) is 3.29. The standard InChI is InChI=1S/C19H19FN4O3/c20-13-8-15-14(7-12(13)18(21)22)23-19(24-15)11-4-1-5-16(17(11)25)27-9-10-3-2-6-26-10/h1,4-5,7-8,10,25H,2-3,6,9H2,(H3,21,22)(H,23,24). The van der Waals surface area contributed by atoms with Gasteiger partial charge < -0.3 is 25.3 Å². The fourth-order valence-corrected chi connectivity index (χ4v) is 3.15. The molecule has 0 aliphatic carbocycles. The van der Waals surface area contributed by atoms with Crippen LogP contribution in [0.25, 0.3) is 22.4 Å². The summed E-state index contributed by atoms with van der Waals surface area (Å²) in [6.45, 7) is 1.10. The van der Waals surface area contributed by atoms with E-state index >= 15 is 0 Å². The zero-order valence-electron chi connectivity index (χ0n) is 14.5. The molecule has 5 N–H and O–H groups in total. The van der Waals surface area contributed by atoms with E-state index in [0.29, 0.717) is 34.8 Å². The normalized spacial score (nSPS) is 16.7. The van der Waals surface area contributed by atoms with E-state index in [0.717, 1.165) is 19.4 Å². The molecule has 8 heteroatoms. The zero-order valence-corrected chi connectivity index (χ0v) is 14.5. The highest BCUT2D eigenvalue weighted by Gasteiger charge is 2.19. The van der Waals surface area contributed by atoms with Crippen LogP contribution in [0.1, 0.15) is 18.4 Å². The summed E-state index contributed by atoms with van der Waals surface area (Å²) in [6.07, 6.45) is 1.98. The Bertz CT molecular complexity index is 1010. The van der Waals surface area contributed by atoms with Crippen LogP contribution in [0.5, 0.6) is 11.5 Å². The summed E-state index contributed by atoms with van der Waals surface area (Å²) >= 11 is 0. The molecule has 27 heavy (non-hydrogen) atoms. The second kappa shape index (κ2) is 6.88. The fraction of sp³-hybridized carbons (Fsp3) is 0.263. The molecular weight excluding hydrogens is 351 g/mol. The third-order valence-corrected chi connectivity index (χ3v) is 4.56. The number of imidazole rings is 1. The topological polar surface area (TPSA) is 117 Å². The largest absolute Gasteiger partial charge is 0.504 e. The number of hydrogen-bond acceptors (Lipinski definition) is 5. The van der Waals surface area contributed by atoms with Crippen molar-refractivity contribution in [2.75, 3.05) is 13.2 Å². The Morgan fingerprint density at radius 2 is 2.30 bits per heavy atom. The number of nitrogen functional groups attached to an aromatic ring is 1. The molecule has 1 aromatic heterocycles. The molecule has 1 aliphatic heterocycles. The summed E-state index contributed by atoms with van der Waals surface area (Å²) < 4.78 is 25.3. The number of amidine groups is 1. The Hall–Kier alpha value is -3.13. The van der Waals surface area contributed by atoms with Crippen LogP contribution in [0.4, 0.5) is 4.39 Å². The number of nitrogens with zero attached hydrogens (tertiary/aromatic N) is 1. The van der Waals surface area contributed by atoms with Gasteiger partial charge in [-0.1, -0.05) is 6.07 Å². The third kappa shape index (κ3) is 3.31. The van der Waals surface area contributed by atoms with Crippen molar-refractivity contribution in [1.82, 2.24) is 9.97 Å². The molecule has 1 unspecified atom stereocenters. The minimum absolute atomic E-state index is 0.0154. The second-order valence-electron chi connectivity index (χ2n) is 6.45. The molecule has 1 aliphatic rings. The Morgan fingerprint density at radius 3 is 3.04 bits per heavy atom. The molecule has 1 fully saturated rings. The number of aromatic amines is 1. The van der Waals surface area contributed by atoms with Crippen molar-refractivity contribution in [3.8, 4) is 22.9 Å². The van der Waals surface area contributed by atoms with Gasteiger partial charge in [-0.3, -0.25) is 5.41 Å². The molecule has 0 amide bonds. The van der Waals surface area contributed by atoms with Crippen molar-refractivity contribution >= 4 is 16.9 Å². The lowest BCUT2D eigenvalue weighted by atomic mass is 10.1. The van der Waals surface area contributed by atoms with Crippen molar-refractivity contribution in [2.45, 2.75) is 18.9 Å². The number of ether oxygens (including phenoxy) is 2. The average molecular weight is 370 g/mol. The molecular formula is C19H19FN4O3. The first-order valence-corrected chi connectivity index (χ1v) is 8.63. The van der Waals surface area contributed by atoms with Gasteiger partial charge in [0.25, 0.3) is 0 Å². The Balaban J connectivity index is 1.66. The smallest absolute Gasteiger partial charge is 0.168 e. The highest BCUT2D eigenvalue weighted by Crippen LogP contribution is 2.37. The van der Waals surface area contributed by atoms with Crippen LogP contribution in [0, 0.1) is 11.2 Å². The first-order valence-electron chi connectivity index (χ1n) is 8.63. The minimum Gasteiger partial charge on any atom is -0.504 e. The van der Waals surface area contributed by atoms with E-state index < -0.39 is 5.82 Å². The van der Waals surface area contributed by atoms with Gasteiger partial charge in [0.1, 0.15) is 24.1 Å².